The Kier molecular flexibility index (Phi) is 3.30. The van der Waals surface area contributed by atoms with Crippen molar-refractivity contribution in [2.24, 2.45) is 0 Å². The van der Waals surface area contributed by atoms with Crippen LogP contribution in [0.15, 0.2) is 30.9 Å². The molecule has 4 heterocycles. The van der Waals surface area contributed by atoms with E-state index >= 15 is 0 Å². The lowest BCUT2D eigenvalue weighted by atomic mass is 10.2. The molecule has 4 rings (SSSR count). The molecule has 0 radical (unpaired) electrons. The molecule has 1 aliphatic rings. The van der Waals surface area contributed by atoms with E-state index in [0.29, 0.717) is 6.54 Å². The maximum absolute atomic E-state index is 4.48. The zero-order valence-electron chi connectivity index (χ0n) is 12.2. The van der Waals surface area contributed by atoms with Gasteiger partial charge in [0.2, 0.25) is 0 Å². The van der Waals surface area contributed by atoms with Crippen LogP contribution >= 0.6 is 0 Å². The number of hydrogen-bond donors (Lipinski definition) is 2. The summed E-state index contributed by atoms with van der Waals surface area (Å²) in [7, 11) is 0. The van der Waals surface area contributed by atoms with Gasteiger partial charge < -0.3 is 10.2 Å². The molecule has 1 fully saturated rings. The molecule has 0 bridgehead atoms. The van der Waals surface area contributed by atoms with E-state index in [9.17, 15) is 0 Å². The van der Waals surface area contributed by atoms with Crippen molar-refractivity contribution in [3.8, 4) is 0 Å². The molecule has 0 unspecified atom stereocenters. The number of anilines is 2. The predicted octanol–water partition coefficient (Wildman–Crippen LogP) is 1.96. The fraction of sp³-hybridized carbons (Fsp3) is 0.333. The summed E-state index contributed by atoms with van der Waals surface area (Å²) in [4.78, 5) is 15.2. The molecule has 7 nitrogen and oxygen atoms in total. The smallest absolute Gasteiger partial charge is 0.160 e. The molecule has 7 heteroatoms. The van der Waals surface area contributed by atoms with E-state index < -0.39 is 0 Å². The van der Waals surface area contributed by atoms with E-state index in [1.54, 1.807) is 6.20 Å². The van der Waals surface area contributed by atoms with Crippen LogP contribution in [0.5, 0.6) is 0 Å². The van der Waals surface area contributed by atoms with Crippen molar-refractivity contribution < 1.29 is 0 Å². The van der Waals surface area contributed by atoms with Gasteiger partial charge in [-0.25, -0.2) is 15.0 Å². The first-order chi connectivity index (χ1) is 10.9. The molecule has 22 heavy (non-hydrogen) atoms. The summed E-state index contributed by atoms with van der Waals surface area (Å²) < 4.78 is 0. The lowest BCUT2D eigenvalue weighted by molar-refractivity contribution is 0.931. The van der Waals surface area contributed by atoms with E-state index in [1.165, 1.54) is 24.7 Å². The van der Waals surface area contributed by atoms with Crippen molar-refractivity contribution in [2.75, 3.05) is 23.3 Å². The van der Waals surface area contributed by atoms with E-state index in [1.807, 2.05) is 12.3 Å². The highest BCUT2D eigenvalue weighted by Crippen LogP contribution is 2.20. The molecule has 3 aromatic heterocycles. The number of rotatable bonds is 4. The van der Waals surface area contributed by atoms with E-state index in [4.69, 9.17) is 0 Å². The Morgan fingerprint density at radius 3 is 3.00 bits per heavy atom. The van der Waals surface area contributed by atoms with E-state index in [2.05, 4.69) is 41.4 Å². The average molecular weight is 295 g/mol. The van der Waals surface area contributed by atoms with Gasteiger partial charge in [-0.05, 0) is 30.5 Å². The quantitative estimate of drug-likeness (QED) is 0.765. The highest BCUT2D eigenvalue weighted by Gasteiger charge is 2.13. The highest BCUT2D eigenvalue weighted by molar-refractivity contribution is 5.85. The van der Waals surface area contributed by atoms with Crippen LogP contribution in [0, 0.1) is 0 Å². The molecule has 0 saturated carbocycles. The molecule has 0 spiro atoms. The normalized spacial score (nSPS) is 14.6. The van der Waals surface area contributed by atoms with Gasteiger partial charge in [0, 0.05) is 25.8 Å². The molecule has 0 aliphatic carbocycles. The third-order valence-electron chi connectivity index (χ3n) is 3.95. The SMILES string of the molecule is c1cc(CNc2ncnc3[nH]ncc23)cc(N2CCCC2)n1. The monoisotopic (exact) mass is 295 g/mol. The molecule has 0 aromatic carbocycles. The standard InChI is InChI=1S/C15H17N7/c1-2-6-22(5-1)13-7-11(3-4-16-13)8-17-14-12-9-20-21-15(12)19-10-18-14/h3-4,7,9-10H,1-2,5-6,8H2,(H2,17,18,19,20,21). The van der Waals surface area contributed by atoms with Gasteiger partial charge in [0.25, 0.3) is 0 Å². The van der Waals surface area contributed by atoms with Crippen LogP contribution in [0.4, 0.5) is 11.6 Å². The summed E-state index contributed by atoms with van der Waals surface area (Å²) >= 11 is 0. The van der Waals surface area contributed by atoms with Gasteiger partial charge in [0.15, 0.2) is 5.65 Å². The fourth-order valence-electron chi connectivity index (χ4n) is 2.78. The second-order valence-electron chi connectivity index (χ2n) is 5.42. The Balaban J connectivity index is 1.51. The summed E-state index contributed by atoms with van der Waals surface area (Å²) in [5.41, 5.74) is 1.93. The van der Waals surface area contributed by atoms with E-state index in [-0.39, 0.29) is 0 Å². The molecular weight excluding hydrogens is 278 g/mol. The first kappa shape index (κ1) is 13.0. The minimum atomic E-state index is 0.695. The van der Waals surface area contributed by atoms with Crippen molar-refractivity contribution in [3.05, 3.63) is 36.4 Å². The fourth-order valence-corrected chi connectivity index (χ4v) is 2.78. The molecule has 1 saturated heterocycles. The van der Waals surface area contributed by atoms with Gasteiger partial charge in [-0.15, -0.1) is 0 Å². The lowest BCUT2D eigenvalue weighted by Gasteiger charge is -2.17. The van der Waals surface area contributed by atoms with Crippen LogP contribution in [-0.4, -0.2) is 38.2 Å². The largest absolute Gasteiger partial charge is 0.365 e. The maximum Gasteiger partial charge on any atom is 0.160 e. The second-order valence-corrected chi connectivity index (χ2v) is 5.42. The van der Waals surface area contributed by atoms with Gasteiger partial charge in [-0.2, -0.15) is 5.10 Å². The number of aromatic nitrogens is 5. The number of nitrogens with one attached hydrogen (secondary N) is 2. The highest BCUT2D eigenvalue weighted by atomic mass is 15.2. The van der Waals surface area contributed by atoms with Crippen LogP contribution < -0.4 is 10.2 Å². The van der Waals surface area contributed by atoms with Gasteiger partial charge in [0.05, 0.1) is 11.6 Å². The van der Waals surface area contributed by atoms with Crippen LogP contribution in [0.25, 0.3) is 11.0 Å². The Labute approximate surface area is 127 Å². The summed E-state index contributed by atoms with van der Waals surface area (Å²) in [6.07, 6.45) is 7.65. The third kappa shape index (κ3) is 2.45. The summed E-state index contributed by atoms with van der Waals surface area (Å²) in [5, 5.41) is 11.1. The molecule has 0 atom stereocenters. The molecular formula is C15H17N7. The van der Waals surface area contributed by atoms with Crippen molar-refractivity contribution in [1.82, 2.24) is 25.1 Å². The Morgan fingerprint density at radius 2 is 2.09 bits per heavy atom. The predicted molar refractivity (Wildman–Crippen MR) is 84.7 cm³/mol. The topological polar surface area (TPSA) is 82.6 Å². The molecule has 3 aromatic rings. The number of H-pyrrole nitrogens is 1. The second kappa shape index (κ2) is 5.59. The summed E-state index contributed by atoms with van der Waals surface area (Å²) in [6, 6.07) is 4.17. The van der Waals surface area contributed by atoms with Gasteiger partial charge >= 0.3 is 0 Å². The maximum atomic E-state index is 4.48. The minimum absolute atomic E-state index is 0.695. The number of nitrogens with zero attached hydrogens (tertiary/aromatic N) is 5. The number of aromatic amines is 1. The Hall–Kier alpha value is -2.70. The van der Waals surface area contributed by atoms with Crippen LogP contribution in [0.3, 0.4) is 0 Å². The van der Waals surface area contributed by atoms with Crippen molar-refractivity contribution >= 4 is 22.7 Å². The number of hydrogen-bond acceptors (Lipinski definition) is 6. The number of pyridine rings is 1. The zero-order chi connectivity index (χ0) is 14.8. The van der Waals surface area contributed by atoms with E-state index in [0.717, 1.165) is 35.8 Å². The third-order valence-corrected chi connectivity index (χ3v) is 3.95. The van der Waals surface area contributed by atoms with Gasteiger partial charge in [-0.1, -0.05) is 0 Å². The lowest BCUT2D eigenvalue weighted by Crippen LogP contribution is -2.19. The number of fused-ring (bicyclic) bond motifs is 1. The molecule has 2 N–H and O–H groups in total. The molecule has 1 aliphatic heterocycles. The van der Waals surface area contributed by atoms with Crippen LogP contribution in [0.1, 0.15) is 18.4 Å². The van der Waals surface area contributed by atoms with Crippen molar-refractivity contribution in [3.63, 3.8) is 0 Å². The van der Waals surface area contributed by atoms with Crippen molar-refractivity contribution in [2.45, 2.75) is 19.4 Å². The average Bonchev–Trinajstić information content (AvgIpc) is 3.24. The van der Waals surface area contributed by atoms with Gasteiger partial charge in [0.1, 0.15) is 18.0 Å². The molecule has 0 amide bonds. The Bertz CT molecular complexity index is 776. The van der Waals surface area contributed by atoms with Crippen LogP contribution in [-0.2, 0) is 6.54 Å². The molecule has 112 valence electrons. The van der Waals surface area contributed by atoms with Crippen molar-refractivity contribution in [1.29, 1.82) is 0 Å². The van der Waals surface area contributed by atoms with Gasteiger partial charge in [-0.3, -0.25) is 5.10 Å². The summed E-state index contributed by atoms with van der Waals surface area (Å²) in [5.74, 6) is 1.85. The minimum Gasteiger partial charge on any atom is -0.365 e. The Morgan fingerprint density at radius 1 is 1.18 bits per heavy atom. The van der Waals surface area contributed by atoms with Crippen LogP contribution in [0.2, 0.25) is 0 Å². The first-order valence-electron chi connectivity index (χ1n) is 7.48. The zero-order valence-corrected chi connectivity index (χ0v) is 12.2. The summed E-state index contributed by atoms with van der Waals surface area (Å²) in [6.45, 7) is 2.90. The first-order valence-corrected chi connectivity index (χ1v) is 7.48.